The highest BCUT2D eigenvalue weighted by molar-refractivity contribution is 5.45. The highest BCUT2D eigenvalue weighted by atomic mass is 16.5. The second-order valence-electron chi connectivity index (χ2n) is 4.49. The Morgan fingerprint density at radius 2 is 1.72 bits per heavy atom. The number of hydrogen-bond donors (Lipinski definition) is 1. The Hall–Kier alpha value is -1.16. The normalized spacial score (nSPS) is 11.7. The molecular weight excluding hydrogens is 226 g/mol. The van der Waals surface area contributed by atoms with Crippen molar-refractivity contribution < 1.29 is 4.74 Å². The molecule has 0 aliphatic rings. The lowest BCUT2D eigenvalue weighted by Gasteiger charge is -2.30. The summed E-state index contributed by atoms with van der Waals surface area (Å²) in [6, 6.07) is 0. The van der Waals surface area contributed by atoms with Gasteiger partial charge in [-0.05, 0) is 33.6 Å². The lowest BCUT2D eigenvalue weighted by Crippen LogP contribution is -2.31. The summed E-state index contributed by atoms with van der Waals surface area (Å²) in [6.07, 6.45) is 1.76. The number of aryl methyl sites for hydroxylation is 1. The minimum atomic E-state index is -0.362. The number of anilines is 1. The molecule has 0 fully saturated rings. The van der Waals surface area contributed by atoms with E-state index in [1.54, 1.807) is 0 Å². The van der Waals surface area contributed by atoms with Crippen LogP contribution in [0.25, 0.3) is 0 Å². The minimum Gasteiger partial charge on any atom is -0.373 e. The largest absolute Gasteiger partial charge is 0.373 e. The summed E-state index contributed by atoms with van der Waals surface area (Å²) in [5.74, 6) is 1.69. The van der Waals surface area contributed by atoms with Crippen LogP contribution in [0.5, 0.6) is 0 Å². The zero-order valence-corrected chi connectivity index (χ0v) is 12.4. The SMILES string of the molecule is CCOC(CC)(CC)c1nc(C)c(C)c(NC)n1. The lowest BCUT2D eigenvalue weighted by molar-refractivity contribution is -0.0571. The molecule has 1 N–H and O–H groups in total. The van der Waals surface area contributed by atoms with E-state index in [1.807, 2.05) is 27.8 Å². The third kappa shape index (κ3) is 2.64. The van der Waals surface area contributed by atoms with Gasteiger partial charge in [0.1, 0.15) is 11.4 Å². The van der Waals surface area contributed by atoms with Gasteiger partial charge in [-0.25, -0.2) is 9.97 Å². The molecule has 4 heteroatoms. The quantitative estimate of drug-likeness (QED) is 0.843. The summed E-state index contributed by atoms with van der Waals surface area (Å²) in [4.78, 5) is 9.28. The molecule has 0 aliphatic heterocycles. The fourth-order valence-electron chi connectivity index (χ4n) is 2.19. The maximum Gasteiger partial charge on any atom is 0.162 e. The number of aromatic nitrogens is 2. The molecule has 102 valence electrons. The van der Waals surface area contributed by atoms with Gasteiger partial charge in [0.05, 0.1) is 0 Å². The predicted molar refractivity (Wildman–Crippen MR) is 74.9 cm³/mol. The predicted octanol–water partition coefficient (Wildman–Crippen LogP) is 3.19. The van der Waals surface area contributed by atoms with E-state index in [0.717, 1.165) is 35.7 Å². The molecule has 0 spiro atoms. The molecule has 0 bridgehead atoms. The first kappa shape index (κ1) is 14.9. The molecule has 1 rings (SSSR count). The first-order chi connectivity index (χ1) is 8.54. The monoisotopic (exact) mass is 251 g/mol. The van der Waals surface area contributed by atoms with Crippen molar-refractivity contribution in [2.75, 3.05) is 19.0 Å². The summed E-state index contributed by atoms with van der Waals surface area (Å²) in [6.45, 7) is 11.0. The van der Waals surface area contributed by atoms with Crippen LogP contribution in [-0.2, 0) is 10.3 Å². The van der Waals surface area contributed by atoms with Crippen LogP contribution in [0, 0.1) is 13.8 Å². The van der Waals surface area contributed by atoms with Crippen LogP contribution >= 0.6 is 0 Å². The van der Waals surface area contributed by atoms with Crippen LogP contribution in [0.15, 0.2) is 0 Å². The fraction of sp³-hybridized carbons (Fsp3) is 0.714. The van der Waals surface area contributed by atoms with Crippen molar-refractivity contribution in [2.24, 2.45) is 0 Å². The minimum absolute atomic E-state index is 0.362. The second kappa shape index (κ2) is 6.14. The summed E-state index contributed by atoms with van der Waals surface area (Å²) < 4.78 is 5.96. The topological polar surface area (TPSA) is 47.0 Å². The summed E-state index contributed by atoms with van der Waals surface area (Å²) in [7, 11) is 1.89. The van der Waals surface area contributed by atoms with Gasteiger partial charge >= 0.3 is 0 Å². The first-order valence-electron chi connectivity index (χ1n) is 6.72. The van der Waals surface area contributed by atoms with Crippen molar-refractivity contribution in [3.05, 3.63) is 17.1 Å². The van der Waals surface area contributed by atoms with Crippen molar-refractivity contribution >= 4 is 5.82 Å². The number of nitrogens with zero attached hydrogens (tertiary/aromatic N) is 2. The van der Waals surface area contributed by atoms with Crippen molar-refractivity contribution in [2.45, 2.75) is 53.1 Å². The zero-order chi connectivity index (χ0) is 13.8. The molecule has 0 atom stereocenters. The van der Waals surface area contributed by atoms with Crippen molar-refractivity contribution in [1.82, 2.24) is 9.97 Å². The Morgan fingerprint density at radius 3 is 2.17 bits per heavy atom. The van der Waals surface area contributed by atoms with Gasteiger partial charge in [-0.3, -0.25) is 0 Å². The van der Waals surface area contributed by atoms with Crippen molar-refractivity contribution in [1.29, 1.82) is 0 Å². The maximum absolute atomic E-state index is 5.96. The Labute approximate surface area is 110 Å². The van der Waals surface area contributed by atoms with E-state index in [1.165, 1.54) is 0 Å². The van der Waals surface area contributed by atoms with Crippen molar-refractivity contribution in [3.8, 4) is 0 Å². The first-order valence-corrected chi connectivity index (χ1v) is 6.72. The average Bonchev–Trinajstić information content (AvgIpc) is 2.39. The van der Waals surface area contributed by atoms with Crippen LogP contribution in [0.4, 0.5) is 5.82 Å². The Balaban J connectivity index is 3.32. The molecule has 0 saturated heterocycles. The van der Waals surface area contributed by atoms with E-state index in [4.69, 9.17) is 4.74 Å². The molecule has 0 aliphatic carbocycles. The molecule has 1 aromatic heterocycles. The van der Waals surface area contributed by atoms with Crippen LogP contribution in [0.2, 0.25) is 0 Å². The fourth-order valence-corrected chi connectivity index (χ4v) is 2.19. The lowest BCUT2D eigenvalue weighted by atomic mass is 9.95. The zero-order valence-electron chi connectivity index (χ0n) is 12.4. The van der Waals surface area contributed by atoms with Gasteiger partial charge in [-0.15, -0.1) is 0 Å². The summed E-state index contributed by atoms with van der Waals surface area (Å²) in [5.41, 5.74) is 1.74. The number of nitrogens with one attached hydrogen (secondary N) is 1. The molecular formula is C14H25N3O. The Kier molecular flexibility index (Phi) is 5.08. The third-order valence-electron chi connectivity index (χ3n) is 3.60. The molecule has 0 radical (unpaired) electrons. The third-order valence-corrected chi connectivity index (χ3v) is 3.60. The van der Waals surface area contributed by atoms with Crippen molar-refractivity contribution in [3.63, 3.8) is 0 Å². The van der Waals surface area contributed by atoms with Gasteiger partial charge in [0.15, 0.2) is 5.82 Å². The maximum atomic E-state index is 5.96. The average molecular weight is 251 g/mol. The van der Waals surface area contributed by atoms with Gasteiger partial charge in [0.25, 0.3) is 0 Å². The van der Waals surface area contributed by atoms with E-state index in [2.05, 4.69) is 29.1 Å². The van der Waals surface area contributed by atoms with Crippen LogP contribution < -0.4 is 5.32 Å². The molecule has 0 amide bonds. The highest BCUT2D eigenvalue weighted by Crippen LogP contribution is 2.32. The molecule has 1 aromatic rings. The van der Waals surface area contributed by atoms with E-state index in [0.29, 0.717) is 6.61 Å². The molecule has 4 nitrogen and oxygen atoms in total. The van der Waals surface area contributed by atoms with E-state index in [-0.39, 0.29) is 5.60 Å². The van der Waals surface area contributed by atoms with Gasteiger partial charge in [0, 0.05) is 24.9 Å². The standard InChI is InChI=1S/C14H25N3O/c1-7-14(8-2,18-9-3)13-16-11(5)10(4)12(15-6)17-13/h7-9H2,1-6H3,(H,15,16,17). The molecule has 0 unspecified atom stereocenters. The van der Waals surface area contributed by atoms with Crippen LogP contribution in [0.1, 0.15) is 50.7 Å². The van der Waals surface area contributed by atoms with Crippen LogP contribution in [0.3, 0.4) is 0 Å². The molecule has 0 saturated carbocycles. The molecule has 0 aromatic carbocycles. The second-order valence-corrected chi connectivity index (χ2v) is 4.49. The van der Waals surface area contributed by atoms with Gasteiger partial charge < -0.3 is 10.1 Å². The van der Waals surface area contributed by atoms with E-state index >= 15 is 0 Å². The number of hydrogen-bond acceptors (Lipinski definition) is 4. The Bertz CT molecular complexity index is 400. The van der Waals surface area contributed by atoms with Crippen LogP contribution in [-0.4, -0.2) is 23.6 Å². The van der Waals surface area contributed by atoms with E-state index < -0.39 is 0 Å². The van der Waals surface area contributed by atoms with Gasteiger partial charge in [0.2, 0.25) is 0 Å². The number of rotatable bonds is 6. The number of ether oxygens (including phenoxy) is 1. The highest BCUT2D eigenvalue weighted by Gasteiger charge is 2.33. The smallest absolute Gasteiger partial charge is 0.162 e. The van der Waals surface area contributed by atoms with Gasteiger partial charge in [-0.2, -0.15) is 0 Å². The van der Waals surface area contributed by atoms with E-state index in [9.17, 15) is 0 Å². The Morgan fingerprint density at radius 1 is 1.11 bits per heavy atom. The molecule has 18 heavy (non-hydrogen) atoms. The molecule has 1 heterocycles. The summed E-state index contributed by atoms with van der Waals surface area (Å²) >= 11 is 0. The van der Waals surface area contributed by atoms with Gasteiger partial charge in [-0.1, -0.05) is 13.8 Å². The summed E-state index contributed by atoms with van der Waals surface area (Å²) in [5, 5.41) is 3.13.